The minimum absolute atomic E-state index is 0.0176. The fraction of sp³-hybridized carbons (Fsp3) is 0.600. The zero-order valence-electron chi connectivity index (χ0n) is 9.47. The van der Waals surface area contributed by atoms with Crippen LogP contribution in [0.2, 0.25) is 0 Å². The zero-order chi connectivity index (χ0) is 11.4. The van der Waals surface area contributed by atoms with Crippen LogP contribution in [-0.2, 0) is 7.05 Å². The highest BCUT2D eigenvalue weighted by Gasteiger charge is 2.19. The molecular formula is C10H18N4O. The minimum atomic E-state index is -0.0176. The Bertz CT molecular complexity index is 334. The maximum absolute atomic E-state index is 12.0. The van der Waals surface area contributed by atoms with Gasteiger partial charge in [-0.25, -0.2) is 0 Å². The second-order valence-corrected chi connectivity index (χ2v) is 3.68. The van der Waals surface area contributed by atoms with Gasteiger partial charge in [-0.05, 0) is 26.0 Å². The van der Waals surface area contributed by atoms with Gasteiger partial charge in [0.05, 0.1) is 0 Å². The third kappa shape index (κ3) is 2.56. The van der Waals surface area contributed by atoms with E-state index < -0.39 is 0 Å². The zero-order valence-corrected chi connectivity index (χ0v) is 9.47. The molecule has 0 radical (unpaired) electrons. The first-order chi connectivity index (χ1) is 7.07. The number of hydrogen-bond donors (Lipinski definition) is 1. The lowest BCUT2D eigenvalue weighted by Gasteiger charge is -2.24. The third-order valence-electron chi connectivity index (χ3n) is 2.61. The number of carbonyl (C=O) groups is 1. The van der Waals surface area contributed by atoms with E-state index in [0.29, 0.717) is 12.2 Å². The van der Waals surface area contributed by atoms with Crippen molar-refractivity contribution in [3.05, 3.63) is 18.0 Å². The molecule has 0 bridgehead atoms. The minimum Gasteiger partial charge on any atom is -0.338 e. The van der Waals surface area contributed by atoms with Gasteiger partial charge in [0.1, 0.15) is 5.69 Å². The molecular weight excluding hydrogens is 192 g/mol. The molecule has 0 spiro atoms. The molecule has 1 unspecified atom stereocenters. The second-order valence-electron chi connectivity index (χ2n) is 3.68. The number of hydrogen-bond acceptors (Lipinski definition) is 3. The molecule has 0 aliphatic rings. The first kappa shape index (κ1) is 11.7. The largest absolute Gasteiger partial charge is 0.338 e. The van der Waals surface area contributed by atoms with Gasteiger partial charge < -0.3 is 10.6 Å². The van der Waals surface area contributed by atoms with Gasteiger partial charge >= 0.3 is 0 Å². The van der Waals surface area contributed by atoms with Crippen molar-refractivity contribution >= 4 is 5.91 Å². The van der Waals surface area contributed by atoms with Crippen LogP contribution in [0.25, 0.3) is 0 Å². The summed E-state index contributed by atoms with van der Waals surface area (Å²) in [6.07, 6.45) is 2.43. The second kappa shape index (κ2) is 4.93. The molecule has 1 aromatic heterocycles. The number of nitrogens with zero attached hydrogens (tertiary/aromatic N) is 3. The van der Waals surface area contributed by atoms with Crippen molar-refractivity contribution in [3.63, 3.8) is 0 Å². The first-order valence-corrected chi connectivity index (χ1v) is 5.03. The molecule has 0 aliphatic heterocycles. The van der Waals surface area contributed by atoms with Crippen molar-refractivity contribution in [2.75, 3.05) is 13.6 Å². The molecule has 0 saturated carbocycles. The van der Waals surface area contributed by atoms with Gasteiger partial charge in [0, 0.05) is 26.3 Å². The van der Waals surface area contributed by atoms with Gasteiger partial charge in [0.15, 0.2) is 0 Å². The molecule has 1 rings (SSSR count). The monoisotopic (exact) mass is 210 g/mol. The van der Waals surface area contributed by atoms with Crippen molar-refractivity contribution < 1.29 is 4.79 Å². The predicted molar refractivity (Wildman–Crippen MR) is 58.4 cm³/mol. The Morgan fingerprint density at radius 3 is 2.87 bits per heavy atom. The fourth-order valence-corrected chi connectivity index (χ4v) is 1.40. The van der Waals surface area contributed by atoms with Crippen LogP contribution < -0.4 is 5.73 Å². The molecule has 5 heteroatoms. The molecule has 0 fully saturated rings. The Morgan fingerprint density at radius 2 is 2.40 bits per heavy atom. The van der Waals surface area contributed by atoms with Crippen molar-refractivity contribution in [1.29, 1.82) is 0 Å². The molecule has 0 saturated heterocycles. The molecule has 1 heterocycles. The molecule has 1 atom stereocenters. The molecule has 0 aromatic carbocycles. The van der Waals surface area contributed by atoms with E-state index in [4.69, 9.17) is 5.73 Å². The number of nitrogens with two attached hydrogens (primary N) is 1. The van der Waals surface area contributed by atoms with Crippen LogP contribution in [-0.4, -0.2) is 40.2 Å². The van der Waals surface area contributed by atoms with Crippen LogP contribution in [0.15, 0.2) is 12.3 Å². The summed E-state index contributed by atoms with van der Waals surface area (Å²) in [6, 6.07) is 1.87. The fourth-order valence-electron chi connectivity index (χ4n) is 1.40. The summed E-state index contributed by atoms with van der Waals surface area (Å²) in [6.45, 7) is 2.57. The van der Waals surface area contributed by atoms with E-state index in [2.05, 4.69) is 5.10 Å². The van der Waals surface area contributed by atoms with Crippen LogP contribution in [0, 0.1) is 0 Å². The summed E-state index contributed by atoms with van der Waals surface area (Å²) >= 11 is 0. The van der Waals surface area contributed by atoms with E-state index >= 15 is 0 Å². The Labute approximate surface area is 89.9 Å². The summed E-state index contributed by atoms with van der Waals surface area (Å²) in [4.78, 5) is 13.7. The number of carbonyl (C=O) groups excluding carboxylic acids is 1. The van der Waals surface area contributed by atoms with E-state index in [-0.39, 0.29) is 11.9 Å². The lowest BCUT2D eigenvalue weighted by atomic mass is 10.2. The van der Waals surface area contributed by atoms with Crippen LogP contribution in [0.1, 0.15) is 23.8 Å². The third-order valence-corrected chi connectivity index (χ3v) is 2.61. The molecule has 84 valence electrons. The van der Waals surface area contributed by atoms with Crippen molar-refractivity contribution in [2.24, 2.45) is 12.8 Å². The Balaban J connectivity index is 2.73. The average Bonchev–Trinajstić information content (AvgIpc) is 2.62. The number of aromatic nitrogens is 2. The molecule has 1 amide bonds. The normalized spacial score (nSPS) is 12.5. The van der Waals surface area contributed by atoms with Crippen LogP contribution in [0.5, 0.6) is 0 Å². The van der Waals surface area contributed by atoms with Gasteiger partial charge in [0.2, 0.25) is 0 Å². The summed E-state index contributed by atoms with van der Waals surface area (Å²) in [5.74, 6) is -0.0176. The highest BCUT2D eigenvalue weighted by molar-refractivity contribution is 5.92. The molecule has 2 N–H and O–H groups in total. The van der Waals surface area contributed by atoms with Crippen molar-refractivity contribution in [2.45, 2.75) is 19.4 Å². The summed E-state index contributed by atoms with van der Waals surface area (Å²) in [5.41, 5.74) is 6.06. The first-order valence-electron chi connectivity index (χ1n) is 5.03. The standard InChI is InChI=1S/C10H18N4O/c1-8(4-6-11)13(2)10(15)9-5-7-12-14(9)3/h5,7-8H,4,6,11H2,1-3H3. The highest BCUT2D eigenvalue weighted by atomic mass is 16.2. The molecule has 0 aliphatic carbocycles. The highest BCUT2D eigenvalue weighted by Crippen LogP contribution is 2.07. The van der Waals surface area contributed by atoms with Crippen LogP contribution in [0.3, 0.4) is 0 Å². The van der Waals surface area contributed by atoms with E-state index in [0.717, 1.165) is 6.42 Å². The quantitative estimate of drug-likeness (QED) is 0.773. The topological polar surface area (TPSA) is 64.2 Å². The summed E-state index contributed by atoms with van der Waals surface area (Å²) in [7, 11) is 3.55. The van der Waals surface area contributed by atoms with Crippen LogP contribution in [0.4, 0.5) is 0 Å². The predicted octanol–water partition coefficient (Wildman–Crippen LogP) is 0.229. The van der Waals surface area contributed by atoms with Gasteiger partial charge in [-0.15, -0.1) is 0 Å². The maximum atomic E-state index is 12.0. The van der Waals surface area contributed by atoms with Crippen molar-refractivity contribution in [1.82, 2.24) is 14.7 Å². The number of rotatable bonds is 4. The maximum Gasteiger partial charge on any atom is 0.272 e. The summed E-state index contributed by atoms with van der Waals surface area (Å²) < 4.78 is 1.58. The lowest BCUT2D eigenvalue weighted by Crippen LogP contribution is -2.37. The van der Waals surface area contributed by atoms with Gasteiger partial charge in [-0.1, -0.05) is 0 Å². The van der Waals surface area contributed by atoms with E-state index in [1.165, 1.54) is 0 Å². The van der Waals surface area contributed by atoms with E-state index in [1.54, 1.807) is 35.9 Å². The average molecular weight is 210 g/mol. The number of amides is 1. The molecule has 15 heavy (non-hydrogen) atoms. The van der Waals surface area contributed by atoms with Crippen LogP contribution >= 0.6 is 0 Å². The molecule has 1 aromatic rings. The Kier molecular flexibility index (Phi) is 3.85. The van der Waals surface area contributed by atoms with E-state index in [1.807, 2.05) is 6.92 Å². The Hall–Kier alpha value is -1.36. The SMILES string of the molecule is CC(CCN)N(C)C(=O)c1ccnn1C. The smallest absolute Gasteiger partial charge is 0.272 e. The number of aryl methyl sites for hydroxylation is 1. The lowest BCUT2D eigenvalue weighted by molar-refractivity contribution is 0.0728. The van der Waals surface area contributed by atoms with Gasteiger partial charge in [0.25, 0.3) is 5.91 Å². The Morgan fingerprint density at radius 1 is 1.73 bits per heavy atom. The van der Waals surface area contributed by atoms with Gasteiger partial charge in [-0.3, -0.25) is 9.48 Å². The van der Waals surface area contributed by atoms with Gasteiger partial charge in [-0.2, -0.15) is 5.10 Å². The summed E-state index contributed by atoms with van der Waals surface area (Å²) in [5, 5.41) is 3.97. The van der Waals surface area contributed by atoms with Crippen molar-refractivity contribution in [3.8, 4) is 0 Å². The molecule has 5 nitrogen and oxygen atoms in total. The van der Waals surface area contributed by atoms with E-state index in [9.17, 15) is 4.79 Å².